The fraction of sp³-hybridized carbons (Fsp3) is 0.846. The Morgan fingerprint density at radius 2 is 1.76 bits per heavy atom. The molecule has 0 fully saturated rings. The van der Waals surface area contributed by atoms with Gasteiger partial charge in [0.05, 0.1) is 0 Å². The summed E-state index contributed by atoms with van der Waals surface area (Å²) in [6.45, 7) is 8.51. The summed E-state index contributed by atoms with van der Waals surface area (Å²) in [7, 11) is 0. The van der Waals surface area contributed by atoms with Crippen molar-refractivity contribution in [1.82, 2.24) is 5.32 Å². The third-order valence-corrected chi connectivity index (χ3v) is 2.08. The molecule has 0 aromatic heterocycles. The van der Waals surface area contributed by atoms with Crippen LogP contribution in [0.2, 0.25) is 0 Å². The van der Waals surface area contributed by atoms with E-state index >= 15 is 0 Å². The third kappa shape index (κ3) is 11.6. The minimum Gasteiger partial charge on any atom is -0.313 e. The predicted octanol–water partition coefficient (Wildman–Crippen LogP) is 3.75. The molecule has 0 radical (unpaired) electrons. The third-order valence-electron chi connectivity index (χ3n) is 2.08. The molecule has 0 heterocycles. The molecule has 1 unspecified atom stereocenters. The van der Waals surface area contributed by atoms with E-state index in [4.69, 9.17) is 0 Å². The Morgan fingerprint density at radius 1 is 1.18 bits per heavy atom. The molecule has 0 aliphatic rings. The zero-order valence-corrected chi connectivity index (χ0v) is 11.0. The zero-order valence-electron chi connectivity index (χ0n) is 11.0. The van der Waals surface area contributed by atoms with Gasteiger partial charge in [-0.05, 0) is 33.7 Å². The van der Waals surface area contributed by atoms with Crippen molar-refractivity contribution in [2.24, 2.45) is 5.41 Å². The van der Waals surface area contributed by atoms with E-state index in [1.807, 2.05) is 27.7 Å². The standard InChI is InChI=1S/C13H22F3N/c1-5-17-11(8-10-13(14,15)16)7-6-9-12(2,3)4/h11,17H,5,7-8,10H2,1-4H3. The summed E-state index contributed by atoms with van der Waals surface area (Å²) in [4.78, 5) is 0. The second-order valence-corrected chi connectivity index (χ2v) is 5.16. The van der Waals surface area contributed by atoms with Gasteiger partial charge in [0.2, 0.25) is 0 Å². The highest BCUT2D eigenvalue weighted by atomic mass is 19.4. The number of alkyl halides is 3. The van der Waals surface area contributed by atoms with E-state index < -0.39 is 12.6 Å². The summed E-state index contributed by atoms with van der Waals surface area (Å²) in [5.74, 6) is 6.00. The predicted molar refractivity (Wildman–Crippen MR) is 64.6 cm³/mol. The van der Waals surface area contributed by atoms with Gasteiger partial charge in [-0.15, -0.1) is 5.92 Å². The van der Waals surface area contributed by atoms with Crippen LogP contribution in [0.15, 0.2) is 0 Å². The van der Waals surface area contributed by atoms with Crippen LogP contribution in [-0.2, 0) is 0 Å². The number of rotatable bonds is 5. The molecule has 4 heteroatoms. The molecule has 0 aliphatic carbocycles. The molecule has 0 bridgehead atoms. The maximum atomic E-state index is 12.1. The molecule has 0 aromatic rings. The van der Waals surface area contributed by atoms with E-state index in [1.54, 1.807) is 0 Å². The molecular formula is C13H22F3N. The van der Waals surface area contributed by atoms with E-state index in [1.165, 1.54) is 0 Å². The van der Waals surface area contributed by atoms with Gasteiger partial charge < -0.3 is 5.32 Å². The summed E-state index contributed by atoms with van der Waals surface area (Å²) >= 11 is 0. The Labute approximate surface area is 102 Å². The number of hydrogen-bond donors (Lipinski definition) is 1. The van der Waals surface area contributed by atoms with E-state index in [0.29, 0.717) is 13.0 Å². The lowest BCUT2D eigenvalue weighted by atomic mass is 9.97. The van der Waals surface area contributed by atoms with Crippen molar-refractivity contribution in [2.75, 3.05) is 6.54 Å². The van der Waals surface area contributed by atoms with Crippen molar-refractivity contribution in [3.8, 4) is 11.8 Å². The molecule has 0 spiro atoms. The molecule has 1 N–H and O–H groups in total. The highest BCUT2D eigenvalue weighted by molar-refractivity contribution is 5.08. The fourth-order valence-corrected chi connectivity index (χ4v) is 1.34. The lowest BCUT2D eigenvalue weighted by Gasteiger charge is -2.16. The van der Waals surface area contributed by atoms with Crippen LogP contribution in [0.1, 0.15) is 47.0 Å². The summed E-state index contributed by atoms with van der Waals surface area (Å²) in [5, 5.41) is 3.04. The normalized spacial score (nSPS) is 14.1. The molecule has 0 saturated carbocycles. The molecule has 1 atom stereocenters. The van der Waals surface area contributed by atoms with E-state index in [2.05, 4.69) is 17.2 Å². The van der Waals surface area contributed by atoms with Gasteiger partial charge in [-0.2, -0.15) is 13.2 Å². The molecule has 0 aromatic carbocycles. The smallest absolute Gasteiger partial charge is 0.313 e. The highest BCUT2D eigenvalue weighted by Gasteiger charge is 2.27. The van der Waals surface area contributed by atoms with Gasteiger partial charge in [0.15, 0.2) is 0 Å². The van der Waals surface area contributed by atoms with Gasteiger partial charge in [0, 0.05) is 24.3 Å². The Bertz CT molecular complexity index is 265. The maximum absolute atomic E-state index is 12.1. The van der Waals surface area contributed by atoms with Crippen molar-refractivity contribution in [1.29, 1.82) is 0 Å². The minimum absolute atomic E-state index is 0.0934. The molecule has 100 valence electrons. The van der Waals surface area contributed by atoms with Crippen molar-refractivity contribution in [2.45, 2.75) is 59.2 Å². The van der Waals surface area contributed by atoms with Crippen LogP contribution in [0.5, 0.6) is 0 Å². The number of hydrogen-bond acceptors (Lipinski definition) is 1. The molecule has 0 amide bonds. The summed E-state index contributed by atoms with van der Waals surface area (Å²) in [5.41, 5.74) is -0.0964. The molecule has 0 saturated heterocycles. The number of halogens is 3. The first-order valence-electron chi connectivity index (χ1n) is 5.94. The van der Waals surface area contributed by atoms with Gasteiger partial charge in [0.25, 0.3) is 0 Å². The van der Waals surface area contributed by atoms with Gasteiger partial charge in [-0.25, -0.2) is 0 Å². The average Bonchev–Trinajstić information content (AvgIpc) is 2.11. The van der Waals surface area contributed by atoms with Crippen LogP contribution in [0.4, 0.5) is 13.2 Å². The Balaban J connectivity index is 4.19. The summed E-state index contributed by atoms with van der Waals surface area (Å²) < 4.78 is 36.3. The van der Waals surface area contributed by atoms with Crippen LogP contribution < -0.4 is 5.32 Å². The molecule has 0 aliphatic heterocycles. The van der Waals surface area contributed by atoms with Crippen molar-refractivity contribution >= 4 is 0 Å². The minimum atomic E-state index is -4.08. The average molecular weight is 249 g/mol. The fourth-order valence-electron chi connectivity index (χ4n) is 1.34. The quantitative estimate of drug-likeness (QED) is 0.732. The second kappa shape index (κ2) is 6.90. The van der Waals surface area contributed by atoms with Crippen molar-refractivity contribution in [3.05, 3.63) is 0 Å². The van der Waals surface area contributed by atoms with Crippen molar-refractivity contribution in [3.63, 3.8) is 0 Å². The second-order valence-electron chi connectivity index (χ2n) is 5.16. The highest BCUT2D eigenvalue weighted by Crippen LogP contribution is 2.22. The summed E-state index contributed by atoms with van der Waals surface area (Å²) in [6, 6.07) is -0.170. The monoisotopic (exact) mass is 249 g/mol. The largest absolute Gasteiger partial charge is 0.389 e. The van der Waals surface area contributed by atoms with Gasteiger partial charge in [-0.1, -0.05) is 12.8 Å². The first-order chi connectivity index (χ1) is 7.64. The van der Waals surface area contributed by atoms with Crippen LogP contribution in [-0.4, -0.2) is 18.8 Å². The summed E-state index contributed by atoms with van der Waals surface area (Å²) in [6.07, 6.45) is -4.26. The Morgan fingerprint density at radius 3 is 2.18 bits per heavy atom. The van der Waals surface area contributed by atoms with Gasteiger partial charge >= 0.3 is 6.18 Å². The van der Waals surface area contributed by atoms with E-state index in [0.717, 1.165) is 0 Å². The topological polar surface area (TPSA) is 12.0 Å². The first-order valence-corrected chi connectivity index (χ1v) is 5.94. The van der Waals surface area contributed by atoms with Gasteiger partial charge in [0.1, 0.15) is 0 Å². The van der Waals surface area contributed by atoms with Crippen LogP contribution >= 0.6 is 0 Å². The Kier molecular flexibility index (Phi) is 6.62. The lowest BCUT2D eigenvalue weighted by Crippen LogP contribution is -2.30. The van der Waals surface area contributed by atoms with Crippen molar-refractivity contribution < 1.29 is 13.2 Å². The van der Waals surface area contributed by atoms with E-state index in [9.17, 15) is 13.2 Å². The zero-order chi connectivity index (χ0) is 13.5. The lowest BCUT2D eigenvalue weighted by molar-refractivity contribution is -0.136. The molecule has 0 rings (SSSR count). The molecule has 1 nitrogen and oxygen atoms in total. The maximum Gasteiger partial charge on any atom is 0.389 e. The van der Waals surface area contributed by atoms with Gasteiger partial charge in [-0.3, -0.25) is 0 Å². The van der Waals surface area contributed by atoms with Crippen LogP contribution in [0.25, 0.3) is 0 Å². The van der Waals surface area contributed by atoms with E-state index in [-0.39, 0.29) is 17.9 Å². The van der Waals surface area contributed by atoms with Crippen LogP contribution in [0, 0.1) is 17.3 Å². The molecular weight excluding hydrogens is 227 g/mol. The Hall–Kier alpha value is -0.690. The van der Waals surface area contributed by atoms with Crippen LogP contribution in [0.3, 0.4) is 0 Å². The first kappa shape index (κ1) is 16.3. The number of nitrogens with one attached hydrogen (secondary N) is 1. The SMILES string of the molecule is CCNC(CC#CC(C)(C)C)CCC(F)(F)F. The molecule has 17 heavy (non-hydrogen) atoms.